The van der Waals surface area contributed by atoms with Crippen molar-refractivity contribution >= 4 is 40.7 Å². The van der Waals surface area contributed by atoms with Crippen LogP contribution in [-0.4, -0.2) is 11.0 Å². The highest BCUT2D eigenvalue weighted by molar-refractivity contribution is 8.00. The zero-order valence-corrected chi connectivity index (χ0v) is 10.2. The number of halogens is 2. The van der Waals surface area contributed by atoms with Gasteiger partial charge in [-0.3, -0.25) is 4.79 Å². The fourth-order valence-corrected chi connectivity index (χ4v) is 2.50. The van der Waals surface area contributed by atoms with Gasteiger partial charge >= 0.3 is 0 Å². The van der Waals surface area contributed by atoms with E-state index in [1.807, 2.05) is 6.92 Å². The Morgan fingerprint density at radius 3 is 2.21 bits per heavy atom. The normalized spacial score (nSPS) is 12.6. The van der Waals surface area contributed by atoms with Crippen molar-refractivity contribution in [3.05, 3.63) is 28.2 Å². The minimum absolute atomic E-state index is 0.0652. The zero-order chi connectivity index (χ0) is 10.7. The van der Waals surface area contributed by atoms with Gasteiger partial charge in [-0.25, -0.2) is 0 Å². The molecule has 0 heterocycles. The minimum Gasteiger partial charge on any atom is -0.299 e. The SMILES string of the molecule is CC(=O)C(C)Sc1cc(Cl)cc(Cl)c1. The van der Waals surface area contributed by atoms with E-state index in [0.717, 1.165) is 4.90 Å². The van der Waals surface area contributed by atoms with Gasteiger partial charge in [-0.15, -0.1) is 11.8 Å². The average molecular weight is 249 g/mol. The van der Waals surface area contributed by atoms with Gasteiger partial charge in [0.15, 0.2) is 0 Å². The Bertz CT molecular complexity index is 332. The molecule has 14 heavy (non-hydrogen) atoms. The lowest BCUT2D eigenvalue weighted by molar-refractivity contribution is -0.116. The maximum absolute atomic E-state index is 11.0. The molecule has 0 aromatic heterocycles. The second-order valence-electron chi connectivity index (χ2n) is 2.98. The van der Waals surface area contributed by atoms with Crippen LogP contribution >= 0.6 is 35.0 Å². The molecule has 0 aliphatic rings. The second kappa shape index (κ2) is 5.06. The van der Waals surface area contributed by atoms with Crippen LogP contribution in [0.1, 0.15) is 13.8 Å². The van der Waals surface area contributed by atoms with Crippen molar-refractivity contribution in [3.63, 3.8) is 0 Å². The van der Waals surface area contributed by atoms with E-state index in [-0.39, 0.29) is 11.0 Å². The molecule has 0 fully saturated rings. The third-order valence-electron chi connectivity index (χ3n) is 1.72. The lowest BCUT2D eigenvalue weighted by Crippen LogP contribution is -2.07. The van der Waals surface area contributed by atoms with Crippen molar-refractivity contribution < 1.29 is 4.79 Å². The van der Waals surface area contributed by atoms with E-state index in [9.17, 15) is 4.79 Å². The van der Waals surface area contributed by atoms with E-state index in [1.165, 1.54) is 11.8 Å². The van der Waals surface area contributed by atoms with Crippen LogP contribution in [0.15, 0.2) is 23.1 Å². The summed E-state index contributed by atoms with van der Waals surface area (Å²) in [6, 6.07) is 5.28. The molecule has 1 nitrogen and oxygen atoms in total. The van der Waals surface area contributed by atoms with Gasteiger partial charge in [0.05, 0.1) is 5.25 Å². The molecule has 4 heteroatoms. The quantitative estimate of drug-likeness (QED) is 0.751. The summed E-state index contributed by atoms with van der Waals surface area (Å²) in [5.41, 5.74) is 0. The van der Waals surface area contributed by atoms with Crippen molar-refractivity contribution in [2.75, 3.05) is 0 Å². The number of thioether (sulfide) groups is 1. The number of rotatable bonds is 3. The number of benzene rings is 1. The van der Waals surface area contributed by atoms with E-state index in [2.05, 4.69) is 0 Å². The molecule has 0 radical (unpaired) electrons. The van der Waals surface area contributed by atoms with Crippen LogP contribution in [0.5, 0.6) is 0 Å². The summed E-state index contributed by atoms with van der Waals surface area (Å²) in [4.78, 5) is 12.0. The molecule has 0 aliphatic heterocycles. The standard InChI is InChI=1S/C10H10Cl2OS/c1-6(13)7(2)14-10-4-8(11)3-9(12)5-10/h3-5,7H,1-2H3. The summed E-state index contributed by atoms with van der Waals surface area (Å²) in [6.45, 7) is 3.44. The topological polar surface area (TPSA) is 17.1 Å². The number of Topliss-reactive ketones (excluding diaryl/α,β-unsaturated/α-hetero) is 1. The van der Waals surface area contributed by atoms with E-state index in [4.69, 9.17) is 23.2 Å². The van der Waals surface area contributed by atoms with Crippen molar-refractivity contribution in [1.29, 1.82) is 0 Å². The van der Waals surface area contributed by atoms with E-state index >= 15 is 0 Å². The molecule has 0 spiro atoms. The number of ketones is 1. The predicted octanol–water partition coefficient (Wildman–Crippen LogP) is 4.06. The summed E-state index contributed by atoms with van der Waals surface area (Å²) >= 11 is 13.1. The average Bonchev–Trinajstić information content (AvgIpc) is 2.01. The number of carbonyl (C=O) groups excluding carboxylic acids is 1. The number of hydrogen-bond donors (Lipinski definition) is 0. The highest BCUT2D eigenvalue weighted by Crippen LogP contribution is 2.29. The highest BCUT2D eigenvalue weighted by Gasteiger charge is 2.09. The molecular weight excluding hydrogens is 239 g/mol. The summed E-state index contributed by atoms with van der Waals surface area (Å²) in [5, 5.41) is 1.12. The lowest BCUT2D eigenvalue weighted by atomic mass is 10.3. The number of hydrogen-bond acceptors (Lipinski definition) is 2. The smallest absolute Gasteiger partial charge is 0.142 e. The van der Waals surface area contributed by atoms with Crippen molar-refractivity contribution in [2.45, 2.75) is 24.0 Å². The van der Waals surface area contributed by atoms with Crippen LogP contribution in [0.2, 0.25) is 10.0 Å². The molecule has 0 amide bonds. The van der Waals surface area contributed by atoms with Crippen LogP contribution in [0.4, 0.5) is 0 Å². The first-order chi connectivity index (χ1) is 6.49. The molecule has 0 saturated carbocycles. The second-order valence-corrected chi connectivity index (χ2v) is 5.26. The first-order valence-electron chi connectivity index (χ1n) is 4.12. The van der Waals surface area contributed by atoms with Gasteiger partial charge in [0.2, 0.25) is 0 Å². The first kappa shape index (κ1) is 11.9. The van der Waals surface area contributed by atoms with Crippen molar-refractivity contribution in [1.82, 2.24) is 0 Å². The largest absolute Gasteiger partial charge is 0.299 e. The van der Waals surface area contributed by atoms with Gasteiger partial charge < -0.3 is 0 Å². The van der Waals surface area contributed by atoms with Crippen molar-refractivity contribution in [2.24, 2.45) is 0 Å². The fraction of sp³-hybridized carbons (Fsp3) is 0.300. The molecule has 0 N–H and O–H groups in total. The molecule has 1 aromatic carbocycles. The minimum atomic E-state index is -0.0652. The van der Waals surface area contributed by atoms with Gasteiger partial charge in [-0.1, -0.05) is 23.2 Å². The summed E-state index contributed by atoms with van der Waals surface area (Å²) < 4.78 is 0. The summed E-state index contributed by atoms with van der Waals surface area (Å²) in [5.74, 6) is 0.145. The maximum Gasteiger partial charge on any atom is 0.142 e. The van der Waals surface area contributed by atoms with Gasteiger partial charge in [0, 0.05) is 14.9 Å². The van der Waals surface area contributed by atoms with Crippen LogP contribution in [0, 0.1) is 0 Å². The monoisotopic (exact) mass is 248 g/mol. The van der Waals surface area contributed by atoms with Gasteiger partial charge in [0.1, 0.15) is 5.78 Å². The molecule has 1 aromatic rings. The molecule has 1 atom stereocenters. The predicted molar refractivity (Wildman–Crippen MR) is 62.5 cm³/mol. The Labute approximate surface area is 97.8 Å². The first-order valence-corrected chi connectivity index (χ1v) is 5.76. The zero-order valence-electron chi connectivity index (χ0n) is 7.88. The van der Waals surface area contributed by atoms with Crippen LogP contribution < -0.4 is 0 Å². The van der Waals surface area contributed by atoms with E-state index in [0.29, 0.717) is 10.0 Å². The summed E-state index contributed by atoms with van der Waals surface area (Å²) in [6.07, 6.45) is 0. The Hall–Kier alpha value is -0.180. The third-order valence-corrected chi connectivity index (χ3v) is 3.35. The Morgan fingerprint density at radius 2 is 1.79 bits per heavy atom. The number of carbonyl (C=O) groups is 1. The Balaban J connectivity index is 2.81. The van der Waals surface area contributed by atoms with Crippen LogP contribution in [-0.2, 0) is 4.79 Å². The molecule has 0 saturated heterocycles. The summed E-state index contributed by atoms with van der Waals surface area (Å²) in [7, 11) is 0. The maximum atomic E-state index is 11.0. The lowest BCUT2D eigenvalue weighted by Gasteiger charge is -2.07. The Morgan fingerprint density at radius 1 is 1.29 bits per heavy atom. The van der Waals surface area contributed by atoms with Gasteiger partial charge in [0.25, 0.3) is 0 Å². The fourth-order valence-electron chi connectivity index (χ4n) is 0.884. The van der Waals surface area contributed by atoms with Gasteiger partial charge in [-0.2, -0.15) is 0 Å². The third kappa shape index (κ3) is 3.52. The van der Waals surface area contributed by atoms with Gasteiger partial charge in [-0.05, 0) is 32.0 Å². The Kier molecular flexibility index (Phi) is 4.30. The molecule has 76 valence electrons. The molecule has 1 unspecified atom stereocenters. The molecule has 1 rings (SSSR count). The van der Waals surface area contributed by atoms with Crippen LogP contribution in [0.25, 0.3) is 0 Å². The van der Waals surface area contributed by atoms with Crippen LogP contribution in [0.3, 0.4) is 0 Å². The molecule has 0 aliphatic carbocycles. The van der Waals surface area contributed by atoms with E-state index < -0.39 is 0 Å². The molecular formula is C10H10Cl2OS. The van der Waals surface area contributed by atoms with Crippen molar-refractivity contribution in [3.8, 4) is 0 Å². The highest BCUT2D eigenvalue weighted by atomic mass is 35.5. The molecule has 0 bridgehead atoms. The van der Waals surface area contributed by atoms with E-state index in [1.54, 1.807) is 25.1 Å².